The van der Waals surface area contributed by atoms with Crippen molar-refractivity contribution < 1.29 is 13.9 Å². The van der Waals surface area contributed by atoms with Crippen molar-refractivity contribution in [3.05, 3.63) is 28.7 Å². The Balaban J connectivity index is 1.48. The van der Waals surface area contributed by atoms with E-state index in [0.717, 1.165) is 17.0 Å². The number of carbonyl (C=O) groups excluding carboxylic acids is 1. The number of rotatable bonds is 6. The van der Waals surface area contributed by atoms with Crippen LogP contribution in [0.1, 0.15) is 61.3 Å². The summed E-state index contributed by atoms with van der Waals surface area (Å²) in [5.41, 5.74) is 2.81. The molecule has 8 heteroatoms. The molecule has 25 heavy (non-hydrogen) atoms. The van der Waals surface area contributed by atoms with Crippen LogP contribution in [0, 0.1) is 13.8 Å². The van der Waals surface area contributed by atoms with Gasteiger partial charge in [0.05, 0.1) is 17.7 Å². The lowest BCUT2D eigenvalue weighted by molar-refractivity contribution is -0.147. The maximum absolute atomic E-state index is 12.6. The van der Waals surface area contributed by atoms with Crippen molar-refractivity contribution in [3.63, 3.8) is 0 Å². The van der Waals surface area contributed by atoms with E-state index in [1.807, 2.05) is 39.5 Å². The number of hydrogen-bond donors (Lipinski definition) is 1. The maximum Gasteiger partial charge on any atom is 0.242 e. The van der Waals surface area contributed by atoms with Gasteiger partial charge in [-0.25, -0.2) is 0 Å². The lowest BCUT2D eigenvalue weighted by atomic mass is 9.96. The van der Waals surface area contributed by atoms with E-state index in [-0.39, 0.29) is 30.5 Å². The highest BCUT2D eigenvalue weighted by atomic mass is 16.5. The molecule has 0 aromatic carbocycles. The van der Waals surface area contributed by atoms with Crippen LogP contribution in [0.3, 0.4) is 0 Å². The Morgan fingerprint density at radius 1 is 1.32 bits per heavy atom. The summed E-state index contributed by atoms with van der Waals surface area (Å²) >= 11 is 0. The first-order valence-electron chi connectivity index (χ1n) is 8.61. The van der Waals surface area contributed by atoms with Gasteiger partial charge in [-0.05, 0) is 20.8 Å². The van der Waals surface area contributed by atoms with Crippen LogP contribution < -0.4 is 0 Å². The second-order valence-electron chi connectivity index (χ2n) is 6.93. The molecule has 0 aliphatic carbocycles. The van der Waals surface area contributed by atoms with Crippen LogP contribution in [-0.4, -0.2) is 50.4 Å². The molecule has 3 heterocycles. The molecule has 1 aliphatic heterocycles. The fourth-order valence-electron chi connectivity index (χ4n) is 3.07. The monoisotopic (exact) mass is 347 g/mol. The Morgan fingerprint density at radius 3 is 2.60 bits per heavy atom. The van der Waals surface area contributed by atoms with E-state index in [9.17, 15) is 4.79 Å². The standard InChI is InChI=1S/C17H25N5O3/c1-9(2)16-21-20-14(25-16)8-24-13-6-22(7-13)17(23)10(3)15-11(4)18-19-12(15)5/h9-10,13H,6-8H2,1-5H3,(H,18,19). The number of nitrogens with zero attached hydrogens (tertiary/aromatic N) is 4. The first-order valence-corrected chi connectivity index (χ1v) is 8.61. The summed E-state index contributed by atoms with van der Waals surface area (Å²) in [6.45, 7) is 11.2. The average molecular weight is 347 g/mol. The molecule has 1 saturated heterocycles. The van der Waals surface area contributed by atoms with Gasteiger partial charge in [-0.15, -0.1) is 10.2 Å². The van der Waals surface area contributed by atoms with Crippen molar-refractivity contribution in [1.82, 2.24) is 25.3 Å². The Bertz CT molecular complexity index is 726. The molecular formula is C17H25N5O3. The second-order valence-corrected chi connectivity index (χ2v) is 6.93. The normalized spacial score (nSPS) is 16.3. The summed E-state index contributed by atoms with van der Waals surface area (Å²) in [7, 11) is 0. The van der Waals surface area contributed by atoms with Crippen LogP contribution in [-0.2, 0) is 16.1 Å². The van der Waals surface area contributed by atoms with Crippen LogP contribution in [0.5, 0.6) is 0 Å². The van der Waals surface area contributed by atoms with Gasteiger partial charge in [0.15, 0.2) is 0 Å². The summed E-state index contributed by atoms with van der Waals surface area (Å²) in [5.74, 6) is 1.20. The maximum atomic E-state index is 12.6. The summed E-state index contributed by atoms with van der Waals surface area (Å²) in [6.07, 6.45) is 0.0112. The first kappa shape index (κ1) is 17.6. The highest BCUT2D eigenvalue weighted by Crippen LogP contribution is 2.26. The Hall–Kier alpha value is -2.22. The number of aromatic amines is 1. The van der Waals surface area contributed by atoms with Crippen molar-refractivity contribution in [2.24, 2.45) is 0 Å². The van der Waals surface area contributed by atoms with Gasteiger partial charge >= 0.3 is 0 Å². The fourth-order valence-corrected chi connectivity index (χ4v) is 3.07. The van der Waals surface area contributed by atoms with Crippen molar-refractivity contribution in [2.75, 3.05) is 13.1 Å². The molecule has 1 unspecified atom stereocenters. The van der Waals surface area contributed by atoms with Gasteiger partial charge in [-0.1, -0.05) is 13.8 Å². The molecule has 1 fully saturated rings. The van der Waals surface area contributed by atoms with Crippen LogP contribution in [0.25, 0.3) is 0 Å². The smallest absolute Gasteiger partial charge is 0.242 e. The second kappa shape index (κ2) is 6.95. The third kappa shape index (κ3) is 3.58. The van der Waals surface area contributed by atoms with E-state index in [2.05, 4.69) is 20.4 Å². The van der Waals surface area contributed by atoms with Crippen LogP contribution >= 0.6 is 0 Å². The third-order valence-electron chi connectivity index (χ3n) is 4.57. The lowest BCUT2D eigenvalue weighted by Gasteiger charge is -2.40. The number of nitrogens with one attached hydrogen (secondary N) is 1. The van der Waals surface area contributed by atoms with E-state index in [4.69, 9.17) is 9.15 Å². The van der Waals surface area contributed by atoms with Crippen LogP contribution in [0.15, 0.2) is 4.42 Å². The summed E-state index contributed by atoms with van der Waals surface area (Å²) in [6, 6.07) is 0. The van der Waals surface area contributed by atoms with E-state index in [1.54, 1.807) is 0 Å². The predicted molar refractivity (Wildman–Crippen MR) is 90.0 cm³/mol. The highest BCUT2D eigenvalue weighted by Gasteiger charge is 2.35. The van der Waals surface area contributed by atoms with Gasteiger partial charge in [0, 0.05) is 30.3 Å². The van der Waals surface area contributed by atoms with E-state index < -0.39 is 0 Å². The topological polar surface area (TPSA) is 97.1 Å². The molecule has 0 spiro atoms. The minimum Gasteiger partial charge on any atom is -0.422 e. The largest absolute Gasteiger partial charge is 0.422 e. The molecule has 1 amide bonds. The van der Waals surface area contributed by atoms with E-state index in [1.165, 1.54) is 0 Å². The number of aromatic nitrogens is 4. The molecular weight excluding hydrogens is 322 g/mol. The van der Waals surface area contributed by atoms with E-state index in [0.29, 0.717) is 24.9 Å². The van der Waals surface area contributed by atoms with Gasteiger partial charge < -0.3 is 14.1 Å². The third-order valence-corrected chi connectivity index (χ3v) is 4.57. The van der Waals surface area contributed by atoms with E-state index >= 15 is 0 Å². The molecule has 1 atom stereocenters. The Labute approximate surface area is 146 Å². The Kier molecular flexibility index (Phi) is 4.89. The Morgan fingerprint density at radius 2 is 2.04 bits per heavy atom. The van der Waals surface area contributed by atoms with Gasteiger partial charge in [0.2, 0.25) is 17.7 Å². The number of carbonyl (C=O) groups is 1. The molecule has 1 N–H and O–H groups in total. The zero-order chi connectivity index (χ0) is 18.1. The van der Waals surface area contributed by atoms with Crippen LogP contribution in [0.4, 0.5) is 0 Å². The van der Waals surface area contributed by atoms with Gasteiger partial charge in [0.25, 0.3) is 0 Å². The van der Waals surface area contributed by atoms with Gasteiger partial charge in [0.1, 0.15) is 6.61 Å². The molecule has 0 saturated carbocycles. The molecule has 2 aromatic rings. The molecule has 0 radical (unpaired) electrons. The number of aryl methyl sites for hydroxylation is 2. The van der Waals surface area contributed by atoms with Gasteiger partial charge in [-0.3, -0.25) is 9.89 Å². The summed E-state index contributed by atoms with van der Waals surface area (Å²) in [4.78, 5) is 14.4. The van der Waals surface area contributed by atoms with Gasteiger partial charge in [-0.2, -0.15) is 5.10 Å². The zero-order valence-electron chi connectivity index (χ0n) is 15.4. The van der Waals surface area contributed by atoms with Crippen molar-refractivity contribution >= 4 is 5.91 Å². The molecule has 136 valence electrons. The quantitative estimate of drug-likeness (QED) is 0.859. The number of hydrogen-bond acceptors (Lipinski definition) is 6. The SMILES string of the molecule is Cc1n[nH]c(C)c1C(C)C(=O)N1CC(OCc2nnc(C(C)C)o2)C1. The summed E-state index contributed by atoms with van der Waals surface area (Å²) < 4.78 is 11.3. The lowest BCUT2D eigenvalue weighted by Crippen LogP contribution is -2.55. The number of likely N-dealkylation sites (tertiary alicyclic amines) is 1. The van der Waals surface area contributed by atoms with Crippen LogP contribution in [0.2, 0.25) is 0 Å². The number of ether oxygens (including phenoxy) is 1. The van der Waals surface area contributed by atoms with Crippen molar-refractivity contribution in [1.29, 1.82) is 0 Å². The molecule has 2 aromatic heterocycles. The van der Waals surface area contributed by atoms with Crippen molar-refractivity contribution in [2.45, 2.75) is 59.2 Å². The number of amides is 1. The summed E-state index contributed by atoms with van der Waals surface area (Å²) in [5, 5.41) is 15.1. The fraction of sp³-hybridized carbons (Fsp3) is 0.647. The average Bonchev–Trinajstić information content (AvgIpc) is 3.12. The minimum atomic E-state index is -0.204. The molecule has 1 aliphatic rings. The first-order chi connectivity index (χ1) is 11.9. The molecule has 3 rings (SSSR count). The minimum absolute atomic E-state index is 0.0112. The molecule has 0 bridgehead atoms. The predicted octanol–water partition coefficient (Wildman–Crippen LogP) is 2.06. The number of H-pyrrole nitrogens is 1. The zero-order valence-corrected chi connectivity index (χ0v) is 15.4. The molecule has 8 nitrogen and oxygen atoms in total. The highest BCUT2D eigenvalue weighted by molar-refractivity contribution is 5.84. The van der Waals surface area contributed by atoms with Crippen molar-refractivity contribution in [3.8, 4) is 0 Å².